The van der Waals surface area contributed by atoms with Crippen LogP contribution in [0.25, 0.3) is 0 Å². The van der Waals surface area contributed by atoms with Gasteiger partial charge in [-0.1, -0.05) is 6.92 Å². The van der Waals surface area contributed by atoms with E-state index in [0.717, 1.165) is 6.42 Å². The number of benzene rings is 2. The molecule has 7 heteroatoms. The minimum absolute atomic E-state index is 0.0632. The van der Waals surface area contributed by atoms with Gasteiger partial charge in [-0.05, 0) is 62.7 Å². The number of amides is 1. The number of nitrogens with one attached hydrogen (secondary N) is 1. The van der Waals surface area contributed by atoms with Crippen molar-refractivity contribution in [2.24, 2.45) is 0 Å². The van der Waals surface area contributed by atoms with Crippen molar-refractivity contribution < 1.29 is 28.6 Å². The highest BCUT2D eigenvalue weighted by Crippen LogP contribution is 2.28. The van der Waals surface area contributed by atoms with Crippen LogP contribution in [0.5, 0.6) is 11.5 Å². The topological polar surface area (TPSA) is 90.9 Å². The van der Waals surface area contributed by atoms with Gasteiger partial charge in [0.2, 0.25) is 0 Å². The fraction of sp³-hybridized carbons (Fsp3) is 0.318. The van der Waals surface area contributed by atoms with Crippen LogP contribution in [0.1, 0.15) is 47.9 Å². The smallest absolute Gasteiger partial charge is 0.339 e. The van der Waals surface area contributed by atoms with Crippen molar-refractivity contribution in [1.82, 2.24) is 0 Å². The lowest BCUT2D eigenvalue weighted by molar-refractivity contribution is -0.123. The summed E-state index contributed by atoms with van der Waals surface area (Å²) >= 11 is 0. The Bertz CT molecular complexity index is 875. The fourth-order valence-corrected chi connectivity index (χ4v) is 2.44. The zero-order valence-corrected chi connectivity index (χ0v) is 17.0. The molecule has 0 aliphatic rings. The molecular formula is C22H25NO6. The molecule has 0 aliphatic carbocycles. The number of Topliss-reactive ketones (excluding diaryl/α,β-unsaturated/α-hetero) is 1. The van der Waals surface area contributed by atoms with E-state index in [-0.39, 0.29) is 11.3 Å². The number of carbonyl (C=O) groups excluding carboxylic acids is 3. The van der Waals surface area contributed by atoms with Crippen molar-refractivity contribution in [2.45, 2.75) is 33.3 Å². The lowest BCUT2D eigenvalue weighted by Crippen LogP contribution is -2.30. The number of methoxy groups -OCH3 is 1. The number of anilines is 1. The number of carbonyl (C=O) groups is 3. The molecule has 0 radical (unpaired) electrons. The molecule has 154 valence electrons. The maximum Gasteiger partial charge on any atom is 0.339 e. The van der Waals surface area contributed by atoms with E-state index in [0.29, 0.717) is 29.4 Å². The first-order chi connectivity index (χ1) is 13.8. The number of rotatable bonds is 9. The summed E-state index contributed by atoms with van der Waals surface area (Å²) in [4.78, 5) is 36.0. The molecule has 0 fully saturated rings. The average Bonchev–Trinajstić information content (AvgIpc) is 2.72. The predicted octanol–water partition coefficient (Wildman–Crippen LogP) is 3.87. The zero-order valence-electron chi connectivity index (χ0n) is 17.0. The van der Waals surface area contributed by atoms with Crippen molar-refractivity contribution >= 4 is 23.3 Å². The molecular weight excluding hydrogens is 374 g/mol. The second-order valence-electron chi connectivity index (χ2n) is 6.38. The van der Waals surface area contributed by atoms with E-state index in [1.165, 1.54) is 27.0 Å². The average molecular weight is 399 g/mol. The summed E-state index contributed by atoms with van der Waals surface area (Å²) in [5.74, 6) is -0.253. The third-order valence-electron chi connectivity index (χ3n) is 4.07. The molecule has 0 aliphatic heterocycles. The molecule has 7 nitrogen and oxygen atoms in total. The van der Waals surface area contributed by atoms with Crippen LogP contribution in [0.15, 0.2) is 42.5 Å². The van der Waals surface area contributed by atoms with E-state index in [1.54, 1.807) is 36.4 Å². The molecule has 2 aromatic carbocycles. The van der Waals surface area contributed by atoms with Crippen LogP contribution in [0.4, 0.5) is 5.69 Å². The van der Waals surface area contributed by atoms with E-state index in [4.69, 9.17) is 14.2 Å². The van der Waals surface area contributed by atoms with E-state index in [1.807, 2.05) is 6.92 Å². The van der Waals surface area contributed by atoms with E-state index in [9.17, 15) is 14.4 Å². The monoisotopic (exact) mass is 399 g/mol. The second-order valence-corrected chi connectivity index (χ2v) is 6.38. The lowest BCUT2D eigenvalue weighted by Gasteiger charge is -2.15. The highest BCUT2D eigenvalue weighted by molar-refractivity contribution is 5.98. The van der Waals surface area contributed by atoms with E-state index >= 15 is 0 Å². The van der Waals surface area contributed by atoms with Crippen LogP contribution in [-0.4, -0.2) is 37.5 Å². The van der Waals surface area contributed by atoms with Gasteiger partial charge in [-0.15, -0.1) is 0 Å². The summed E-state index contributed by atoms with van der Waals surface area (Å²) in [6, 6.07) is 11.2. The number of ketones is 1. The Hall–Kier alpha value is -3.35. The van der Waals surface area contributed by atoms with Crippen molar-refractivity contribution in [3.8, 4) is 11.5 Å². The molecule has 1 N–H and O–H groups in total. The minimum atomic E-state index is -1.02. The summed E-state index contributed by atoms with van der Waals surface area (Å²) in [5, 5.41) is 2.65. The molecule has 0 bridgehead atoms. The molecule has 1 unspecified atom stereocenters. The van der Waals surface area contributed by atoms with Crippen molar-refractivity contribution in [2.75, 3.05) is 19.0 Å². The van der Waals surface area contributed by atoms with E-state index in [2.05, 4.69) is 5.32 Å². The van der Waals surface area contributed by atoms with Crippen LogP contribution in [0, 0.1) is 0 Å². The summed E-state index contributed by atoms with van der Waals surface area (Å²) in [6.45, 7) is 5.47. The van der Waals surface area contributed by atoms with Crippen molar-refractivity contribution in [3.63, 3.8) is 0 Å². The van der Waals surface area contributed by atoms with Gasteiger partial charge >= 0.3 is 5.97 Å². The van der Waals surface area contributed by atoms with Gasteiger partial charge in [0.25, 0.3) is 5.91 Å². The van der Waals surface area contributed by atoms with Crippen molar-refractivity contribution in [3.05, 3.63) is 53.6 Å². The Morgan fingerprint density at radius 1 is 1.00 bits per heavy atom. The van der Waals surface area contributed by atoms with Crippen molar-refractivity contribution in [1.29, 1.82) is 0 Å². The van der Waals surface area contributed by atoms with Gasteiger partial charge in [0.05, 0.1) is 19.3 Å². The number of hydrogen-bond donors (Lipinski definition) is 1. The first kappa shape index (κ1) is 21.9. The Morgan fingerprint density at radius 2 is 1.66 bits per heavy atom. The van der Waals surface area contributed by atoms with Crippen LogP contribution >= 0.6 is 0 Å². The molecule has 2 aromatic rings. The highest BCUT2D eigenvalue weighted by Gasteiger charge is 2.20. The maximum absolute atomic E-state index is 12.4. The summed E-state index contributed by atoms with van der Waals surface area (Å²) < 4.78 is 16.1. The van der Waals surface area contributed by atoms with Gasteiger partial charge in [0.15, 0.2) is 23.4 Å². The van der Waals surface area contributed by atoms with Gasteiger partial charge in [-0.3, -0.25) is 9.59 Å². The lowest BCUT2D eigenvalue weighted by atomic mass is 10.1. The first-order valence-corrected chi connectivity index (χ1v) is 9.29. The molecule has 1 amide bonds. The van der Waals surface area contributed by atoms with Crippen LogP contribution in [0.3, 0.4) is 0 Å². The Balaban J connectivity index is 2.00. The molecule has 0 saturated carbocycles. The van der Waals surface area contributed by atoms with Gasteiger partial charge in [0, 0.05) is 11.3 Å². The van der Waals surface area contributed by atoms with Gasteiger partial charge in [-0.2, -0.15) is 0 Å². The molecule has 0 aromatic heterocycles. The quantitative estimate of drug-likeness (QED) is 0.508. The molecule has 0 heterocycles. The Kier molecular flexibility index (Phi) is 7.77. The fourth-order valence-electron chi connectivity index (χ4n) is 2.44. The Labute approximate surface area is 170 Å². The number of esters is 1. The van der Waals surface area contributed by atoms with Crippen LogP contribution < -0.4 is 14.8 Å². The van der Waals surface area contributed by atoms with Gasteiger partial charge < -0.3 is 19.5 Å². The SMILES string of the molecule is CCCOc1ccc(C(=O)OC(C)C(=O)Nc2ccc(C(C)=O)cc2)cc1OC. The van der Waals surface area contributed by atoms with Gasteiger partial charge in [-0.25, -0.2) is 4.79 Å². The van der Waals surface area contributed by atoms with Gasteiger partial charge in [0.1, 0.15) is 0 Å². The summed E-state index contributed by atoms with van der Waals surface area (Å²) in [5.41, 5.74) is 1.29. The maximum atomic E-state index is 12.4. The normalized spacial score (nSPS) is 11.3. The Morgan fingerprint density at radius 3 is 2.24 bits per heavy atom. The predicted molar refractivity (Wildman–Crippen MR) is 109 cm³/mol. The van der Waals surface area contributed by atoms with Crippen LogP contribution in [0.2, 0.25) is 0 Å². The molecule has 0 spiro atoms. The molecule has 29 heavy (non-hydrogen) atoms. The molecule has 0 saturated heterocycles. The highest BCUT2D eigenvalue weighted by atomic mass is 16.5. The summed E-state index contributed by atoms with van der Waals surface area (Å²) in [6.07, 6.45) is -0.172. The molecule has 1 atom stereocenters. The standard InChI is InChI=1S/C22H25NO6/c1-5-12-28-19-11-8-17(13-20(19)27-4)22(26)29-15(3)21(25)23-18-9-6-16(7-10-18)14(2)24/h6-11,13,15H,5,12H2,1-4H3,(H,23,25). The first-order valence-electron chi connectivity index (χ1n) is 9.29. The largest absolute Gasteiger partial charge is 0.493 e. The van der Waals surface area contributed by atoms with Crippen LogP contribution in [-0.2, 0) is 9.53 Å². The second kappa shape index (κ2) is 10.3. The third kappa shape index (κ3) is 6.07. The molecule has 2 rings (SSSR count). The number of hydrogen-bond acceptors (Lipinski definition) is 6. The van der Waals surface area contributed by atoms with E-state index < -0.39 is 18.0 Å². The minimum Gasteiger partial charge on any atom is -0.493 e. The third-order valence-corrected chi connectivity index (χ3v) is 4.07. The zero-order chi connectivity index (χ0) is 21.4. The number of ether oxygens (including phenoxy) is 3. The summed E-state index contributed by atoms with van der Waals surface area (Å²) in [7, 11) is 1.48.